The minimum Gasteiger partial charge on any atom is -0.481 e. The molecule has 0 aromatic rings. The van der Waals surface area contributed by atoms with E-state index in [2.05, 4.69) is 5.32 Å². The predicted molar refractivity (Wildman–Crippen MR) is 74.8 cm³/mol. The molecule has 0 bridgehead atoms. The summed E-state index contributed by atoms with van der Waals surface area (Å²) in [7, 11) is 0. The fourth-order valence-electron chi connectivity index (χ4n) is 2.63. The first-order chi connectivity index (χ1) is 8.83. The summed E-state index contributed by atoms with van der Waals surface area (Å²) < 4.78 is 0. The molecule has 4 nitrogen and oxygen atoms in total. The molecule has 1 amide bonds. The zero-order valence-corrected chi connectivity index (χ0v) is 12.4. The molecule has 110 valence electrons. The van der Waals surface area contributed by atoms with Gasteiger partial charge in [-0.15, -0.1) is 0 Å². The highest BCUT2D eigenvalue weighted by atomic mass is 16.4. The van der Waals surface area contributed by atoms with Gasteiger partial charge in [0.1, 0.15) is 0 Å². The van der Waals surface area contributed by atoms with E-state index < -0.39 is 11.4 Å². The van der Waals surface area contributed by atoms with E-state index in [9.17, 15) is 9.59 Å². The summed E-state index contributed by atoms with van der Waals surface area (Å²) in [6.07, 6.45) is 6.53. The van der Waals surface area contributed by atoms with Gasteiger partial charge in [0.25, 0.3) is 0 Å². The molecule has 1 saturated carbocycles. The highest BCUT2D eigenvalue weighted by Crippen LogP contribution is 2.30. The number of amides is 1. The molecule has 1 aliphatic rings. The van der Waals surface area contributed by atoms with Crippen molar-refractivity contribution in [3.63, 3.8) is 0 Å². The predicted octanol–water partition coefficient (Wildman–Crippen LogP) is 2.82. The van der Waals surface area contributed by atoms with Gasteiger partial charge >= 0.3 is 5.97 Å². The van der Waals surface area contributed by atoms with Crippen molar-refractivity contribution in [2.45, 2.75) is 59.3 Å². The zero-order valence-electron chi connectivity index (χ0n) is 12.4. The van der Waals surface area contributed by atoms with Crippen LogP contribution in [0.3, 0.4) is 0 Å². The monoisotopic (exact) mass is 269 g/mol. The number of aliphatic carboxylic acids is 1. The topological polar surface area (TPSA) is 66.4 Å². The molecule has 0 aromatic carbocycles. The SMILES string of the molecule is CC(CC1CCCC1)C(=O)NCCC(C)(C)C(=O)O. The third-order valence-electron chi connectivity index (χ3n) is 4.24. The lowest BCUT2D eigenvalue weighted by atomic mass is 9.89. The largest absolute Gasteiger partial charge is 0.481 e. The van der Waals surface area contributed by atoms with E-state index in [1.54, 1.807) is 13.8 Å². The Morgan fingerprint density at radius 1 is 1.32 bits per heavy atom. The summed E-state index contributed by atoms with van der Waals surface area (Å²) in [6, 6.07) is 0. The molecular formula is C15H27NO3. The smallest absolute Gasteiger partial charge is 0.309 e. The Labute approximate surface area is 116 Å². The Hall–Kier alpha value is -1.06. The minimum atomic E-state index is -0.819. The lowest BCUT2D eigenvalue weighted by Crippen LogP contribution is -2.35. The van der Waals surface area contributed by atoms with Crippen molar-refractivity contribution < 1.29 is 14.7 Å². The van der Waals surface area contributed by atoms with Crippen molar-refractivity contribution in [3.8, 4) is 0 Å². The number of nitrogens with one attached hydrogen (secondary N) is 1. The van der Waals surface area contributed by atoms with E-state index in [4.69, 9.17) is 5.11 Å². The van der Waals surface area contributed by atoms with Gasteiger partial charge in [0.05, 0.1) is 5.41 Å². The van der Waals surface area contributed by atoms with Crippen LogP contribution in [0.1, 0.15) is 59.3 Å². The Bertz CT molecular complexity index is 319. The van der Waals surface area contributed by atoms with Crippen LogP contribution in [0.2, 0.25) is 0 Å². The molecule has 1 rings (SSSR count). The molecule has 19 heavy (non-hydrogen) atoms. The fourth-order valence-corrected chi connectivity index (χ4v) is 2.63. The summed E-state index contributed by atoms with van der Waals surface area (Å²) in [5, 5.41) is 11.9. The average molecular weight is 269 g/mol. The molecule has 2 N–H and O–H groups in total. The molecular weight excluding hydrogens is 242 g/mol. The lowest BCUT2D eigenvalue weighted by molar-refractivity contribution is -0.147. The summed E-state index contributed by atoms with van der Waals surface area (Å²) in [5.74, 6) is -0.0129. The second kappa shape index (κ2) is 6.92. The lowest BCUT2D eigenvalue weighted by Gasteiger charge is -2.20. The van der Waals surface area contributed by atoms with Crippen molar-refractivity contribution in [2.75, 3.05) is 6.54 Å². The van der Waals surface area contributed by atoms with Gasteiger partial charge in [0.2, 0.25) is 5.91 Å². The van der Waals surface area contributed by atoms with Crippen LogP contribution in [0.4, 0.5) is 0 Å². The minimum absolute atomic E-state index is 0.0380. The van der Waals surface area contributed by atoms with E-state index >= 15 is 0 Å². The Balaban J connectivity index is 2.24. The van der Waals surface area contributed by atoms with Crippen molar-refractivity contribution in [1.82, 2.24) is 5.32 Å². The molecule has 0 aromatic heterocycles. The molecule has 0 heterocycles. The van der Waals surface area contributed by atoms with Crippen molar-refractivity contribution in [3.05, 3.63) is 0 Å². The number of rotatable bonds is 7. The number of hydrogen-bond acceptors (Lipinski definition) is 2. The van der Waals surface area contributed by atoms with E-state index in [-0.39, 0.29) is 11.8 Å². The first-order valence-electron chi connectivity index (χ1n) is 7.34. The third kappa shape index (κ3) is 5.21. The first-order valence-corrected chi connectivity index (χ1v) is 7.34. The van der Waals surface area contributed by atoms with Gasteiger partial charge in [-0.05, 0) is 32.6 Å². The van der Waals surface area contributed by atoms with Gasteiger partial charge in [-0.3, -0.25) is 9.59 Å². The number of carbonyl (C=O) groups is 2. The molecule has 0 saturated heterocycles. The number of carboxylic acids is 1. The van der Waals surface area contributed by atoms with Gasteiger partial charge in [0.15, 0.2) is 0 Å². The van der Waals surface area contributed by atoms with Crippen LogP contribution in [-0.4, -0.2) is 23.5 Å². The van der Waals surface area contributed by atoms with Gasteiger partial charge in [0, 0.05) is 12.5 Å². The van der Waals surface area contributed by atoms with Gasteiger partial charge in [-0.25, -0.2) is 0 Å². The summed E-state index contributed by atoms with van der Waals surface area (Å²) in [6.45, 7) is 5.77. The molecule has 0 aliphatic heterocycles. The third-order valence-corrected chi connectivity index (χ3v) is 4.24. The Morgan fingerprint density at radius 3 is 2.42 bits per heavy atom. The number of carboxylic acid groups (broad SMARTS) is 1. The highest BCUT2D eigenvalue weighted by Gasteiger charge is 2.27. The Morgan fingerprint density at radius 2 is 1.89 bits per heavy atom. The maximum Gasteiger partial charge on any atom is 0.309 e. The van der Waals surface area contributed by atoms with Crippen molar-refractivity contribution >= 4 is 11.9 Å². The molecule has 1 aliphatic carbocycles. The van der Waals surface area contributed by atoms with Crippen molar-refractivity contribution in [2.24, 2.45) is 17.3 Å². The zero-order chi connectivity index (χ0) is 14.5. The first kappa shape index (κ1) is 16.0. The number of carbonyl (C=O) groups excluding carboxylic acids is 1. The highest BCUT2D eigenvalue weighted by molar-refractivity contribution is 5.78. The van der Waals surface area contributed by atoms with E-state index in [1.807, 2.05) is 6.92 Å². The van der Waals surface area contributed by atoms with Crippen LogP contribution < -0.4 is 5.32 Å². The van der Waals surface area contributed by atoms with Crippen LogP contribution in [-0.2, 0) is 9.59 Å². The molecule has 4 heteroatoms. The van der Waals surface area contributed by atoms with Crippen LogP contribution >= 0.6 is 0 Å². The molecule has 1 fully saturated rings. The van der Waals surface area contributed by atoms with E-state index in [0.29, 0.717) is 18.9 Å². The number of hydrogen-bond donors (Lipinski definition) is 2. The normalized spacial score (nSPS) is 18.3. The average Bonchev–Trinajstić information content (AvgIpc) is 2.81. The van der Waals surface area contributed by atoms with Crippen LogP contribution in [0.15, 0.2) is 0 Å². The van der Waals surface area contributed by atoms with E-state index in [0.717, 1.165) is 6.42 Å². The molecule has 0 radical (unpaired) electrons. The van der Waals surface area contributed by atoms with Crippen molar-refractivity contribution in [1.29, 1.82) is 0 Å². The molecule has 1 atom stereocenters. The van der Waals surface area contributed by atoms with Gasteiger partial charge < -0.3 is 10.4 Å². The van der Waals surface area contributed by atoms with Crippen LogP contribution in [0, 0.1) is 17.3 Å². The summed E-state index contributed by atoms with van der Waals surface area (Å²) >= 11 is 0. The maximum atomic E-state index is 11.9. The quantitative estimate of drug-likeness (QED) is 0.747. The van der Waals surface area contributed by atoms with Crippen LogP contribution in [0.25, 0.3) is 0 Å². The maximum absolute atomic E-state index is 11.9. The van der Waals surface area contributed by atoms with Gasteiger partial charge in [-0.2, -0.15) is 0 Å². The standard InChI is InChI=1S/C15H27NO3/c1-11(10-12-6-4-5-7-12)13(17)16-9-8-15(2,3)14(18)19/h11-12H,4-10H2,1-3H3,(H,16,17)(H,18,19). The van der Waals surface area contributed by atoms with E-state index in [1.165, 1.54) is 25.7 Å². The molecule has 0 spiro atoms. The summed E-state index contributed by atoms with van der Waals surface area (Å²) in [5.41, 5.74) is -0.776. The van der Waals surface area contributed by atoms with Gasteiger partial charge in [-0.1, -0.05) is 32.6 Å². The second-order valence-electron chi connectivity index (χ2n) is 6.52. The fraction of sp³-hybridized carbons (Fsp3) is 0.867. The summed E-state index contributed by atoms with van der Waals surface area (Å²) in [4.78, 5) is 22.9. The Kier molecular flexibility index (Phi) is 5.83. The van der Waals surface area contributed by atoms with Crippen LogP contribution in [0.5, 0.6) is 0 Å². The second-order valence-corrected chi connectivity index (χ2v) is 6.52. The molecule has 1 unspecified atom stereocenters.